The van der Waals surface area contributed by atoms with E-state index in [9.17, 15) is 13.2 Å². The monoisotopic (exact) mass is 304 g/mol. The lowest BCUT2D eigenvalue weighted by Gasteiger charge is -2.40. The van der Waals surface area contributed by atoms with Crippen LogP contribution in [0.3, 0.4) is 0 Å². The van der Waals surface area contributed by atoms with E-state index in [0.717, 1.165) is 6.42 Å². The van der Waals surface area contributed by atoms with Crippen LogP contribution in [0.5, 0.6) is 0 Å². The molecule has 0 bridgehead atoms. The summed E-state index contributed by atoms with van der Waals surface area (Å²) in [7, 11) is -2.80. The number of amides is 1. The summed E-state index contributed by atoms with van der Waals surface area (Å²) in [4.78, 5) is 13.4. The molecule has 0 radical (unpaired) electrons. The first kappa shape index (κ1) is 15.6. The number of likely N-dealkylation sites (tertiary alicyclic amines) is 1. The average molecular weight is 304 g/mol. The molecule has 0 aromatic carbocycles. The zero-order valence-corrected chi connectivity index (χ0v) is 13.2. The maximum atomic E-state index is 11.7. The van der Waals surface area contributed by atoms with E-state index >= 15 is 0 Å². The minimum Gasteiger partial charge on any atom is -0.444 e. The van der Waals surface area contributed by atoms with E-state index in [-0.39, 0.29) is 18.1 Å². The molecule has 0 aliphatic carbocycles. The van der Waals surface area contributed by atoms with Crippen LogP contribution in [0.15, 0.2) is 0 Å². The normalized spacial score (nSPS) is 26.4. The van der Waals surface area contributed by atoms with Gasteiger partial charge in [-0.3, -0.25) is 0 Å². The molecule has 0 saturated carbocycles. The minimum atomic E-state index is -2.80. The fourth-order valence-corrected chi connectivity index (χ4v) is 4.31. The lowest BCUT2D eigenvalue weighted by atomic mass is 10.1. The van der Waals surface area contributed by atoms with Gasteiger partial charge in [0.25, 0.3) is 0 Å². The molecule has 2 aliphatic heterocycles. The first-order valence-electron chi connectivity index (χ1n) is 7.06. The Kier molecular flexibility index (Phi) is 4.30. The van der Waals surface area contributed by atoms with Crippen LogP contribution in [0.1, 0.15) is 27.2 Å². The molecule has 2 heterocycles. The van der Waals surface area contributed by atoms with Gasteiger partial charge in [0, 0.05) is 19.1 Å². The predicted octanol–water partition coefficient (Wildman–Crippen LogP) is 0.630. The number of sulfone groups is 1. The molecule has 2 rings (SSSR count). The second-order valence-electron chi connectivity index (χ2n) is 6.76. The van der Waals surface area contributed by atoms with E-state index in [0.29, 0.717) is 31.1 Å². The number of hydrogen-bond donors (Lipinski definition) is 1. The zero-order chi connectivity index (χ0) is 15.0. The van der Waals surface area contributed by atoms with Gasteiger partial charge in [0.05, 0.1) is 11.5 Å². The molecule has 7 heteroatoms. The van der Waals surface area contributed by atoms with Gasteiger partial charge in [-0.25, -0.2) is 13.2 Å². The molecule has 1 N–H and O–H groups in total. The third-order valence-electron chi connectivity index (χ3n) is 3.56. The lowest BCUT2D eigenvalue weighted by Crippen LogP contribution is -2.61. The van der Waals surface area contributed by atoms with E-state index in [1.54, 1.807) is 4.90 Å². The van der Waals surface area contributed by atoms with Crippen molar-refractivity contribution in [2.24, 2.45) is 5.92 Å². The van der Waals surface area contributed by atoms with Crippen LogP contribution in [0.2, 0.25) is 0 Å². The number of carbonyl (C=O) groups is 1. The van der Waals surface area contributed by atoms with Crippen molar-refractivity contribution in [1.29, 1.82) is 0 Å². The molecule has 0 spiro atoms. The molecule has 2 fully saturated rings. The topological polar surface area (TPSA) is 75.7 Å². The van der Waals surface area contributed by atoms with Crippen LogP contribution in [-0.4, -0.2) is 62.2 Å². The SMILES string of the molecule is CC(C)(C)OC(=O)N1CC(NCC2CCS(=O)(=O)C2)C1. The molecule has 1 atom stereocenters. The highest BCUT2D eigenvalue weighted by atomic mass is 32.2. The van der Waals surface area contributed by atoms with Gasteiger partial charge in [0.2, 0.25) is 0 Å². The molecule has 2 aliphatic rings. The maximum Gasteiger partial charge on any atom is 0.410 e. The van der Waals surface area contributed by atoms with Crippen molar-refractivity contribution >= 4 is 15.9 Å². The Morgan fingerprint density at radius 3 is 2.50 bits per heavy atom. The zero-order valence-electron chi connectivity index (χ0n) is 12.4. The van der Waals surface area contributed by atoms with Crippen LogP contribution >= 0.6 is 0 Å². The van der Waals surface area contributed by atoms with Crippen molar-refractivity contribution in [3.8, 4) is 0 Å². The van der Waals surface area contributed by atoms with Gasteiger partial charge in [-0.2, -0.15) is 0 Å². The molecule has 6 nitrogen and oxygen atoms in total. The number of hydrogen-bond acceptors (Lipinski definition) is 5. The fraction of sp³-hybridized carbons (Fsp3) is 0.923. The smallest absolute Gasteiger partial charge is 0.410 e. The summed E-state index contributed by atoms with van der Waals surface area (Å²) in [5, 5.41) is 3.33. The Morgan fingerprint density at radius 2 is 2.00 bits per heavy atom. The number of nitrogens with one attached hydrogen (secondary N) is 1. The van der Waals surface area contributed by atoms with E-state index in [1.165, 1.54) is 0 Å². The van der Waals surface area contributed by atoms with E-state index in [4.69, 9.17) is 4.74 Å². The summed E-state index contributed by atoms with van der Waals surface area (Å²) >= 11 is 0. The van der Waals surface area contributed by atoms with Crippen molar-refractivity contribution in [1.82, 2.24) is 10.2 Å². The van der Waals surface area contributed by atoms with Gasteiger partial charge in [-0.05, 0) is 39.7 Å². The van der Waals surface area contributed by atoms with Gasteiger partial charge in [0.1, 0.15) is 5.60 Å². The highest BCUT2D eigenvalue weighted by molar-refractivity contribution is 7.91. The molecule has 116 valence electrons. The van der Waals surface area contributed by atoms with E-state index in [2.05, 4.69) is 5.32 Å². The van der Waals surface area contributed by atoms with Gasteiger partial charge in [-0.1, -0.05) is 0 Å². The van der Waals surface area contributed by atoms with E-state index in [1.807, 2.05) is 20.8 Å². The van der Waals surface area contributed by atoms with Crippen molar-refractivity contribution < 1.29 is 17.9 Å². The van der Waals surface area contributed by atoms with Crippen LogP contribution < -0.4 is 5.32 Å². The van der Waals surface area contributed by atoms with E-state index < -0.39 is 15.4 Å². The quantitative estimate of drug-likeness (QED) is 0.827. The molecule has 1 unspecified atom stereocenters. The highest BCUT2D eigenvalue weighted by Crippen LogP contribution is 2.19. The predicted molar refractivity (Wildman–Crippen MR) is 76.4 cm³/mol. The van der Waals surface area contributed by atoms with Gasteiger partial charge in [0.15, 0.2) is 9.84 Å². The van der Waals surface area contributed by atoms with Gasteiger partial charge in [-0.15, -0.1) is 0 Å². The lowest BCUT2D eigenvalue weighted by molar-refractivity contribution is 0.00510. The molecule has 20 heavy (non-hydrogen) atoms. The maximum absolute atomic E-state index is 11.7. The Balaban J connectivity index is 1.64. The summed E-state index contributed by atoms with van der Waals surface area (Å²) in [5.41, 5.74) is -0.464. The van der Waals surface area contributed by atoms with Crippen molar-refractivity contribution in [2.45, 2.75) is 38.8 Å². The largest absolute Gasteiger partial charge is 0.444 e. The Labute approximate surface area is 120 Å². The molecule has 1 amide bonds. The average Bonchev–Trinajstić information content (AvgIpc) is 2.53. The summed E-state index contributed by atoms with van der Waals surface area (Å²) in [6, 6.07) is 0.255. The highest BCUT2D eigenvalue weighted by Gasteiger charge is 2.34. The standard InChI is InChI=1S/C13H24N2O4S/c1-13(2,3)19-12(16)15-7-11(8-15)14-6-10-4-5-20(17,18)9-10/h10-11,14H,4-9H2,1-3H3. The number of nitrogens with zero attached hydrogens (tertiary/aromatic N) is 1. The Morgan fingerprint density at radius 1 is 1.35 bits per heavy atom. The molecule has 0 aromatic heterocycles. The second kappa shape index (κ2) is 5.52. The van der Waals surface area contributed by atoms with Crippen molar-refractivity contribution in [3.05, 3.63) is 0 Å². The summed E-state index contributed by atoms with van der Waals surface area (Å²) < 4.78 is 28.0. The van der Waals surface area contributed by atoms with Crippen molar-refractivity contribution in [2.75, 3.05) is 31.1 Å². The third kappa shape index (κ3) is 4.34. The van der Waals surface area contributed by atoms with Crippen LogP contribution in [0, 0.1) is 5.92 Å². The van der Waals surface area contributed by atoms with Gasteiger partial charge < -0.3 is 15.0 Å². The number of carbonyl (C=O) groups excluding carboxylic acids is 1. The van der Waals surface area contributed by atoms with Gasteiger partial charge >= 0.3 is 6.09 Å². The summed E-state index contributed by atoms with van der Waals surface area (Å²) in [5.74, 6) is 0.826. The van der Waals surface area contributed by atoms with Crippen LogP contribution in [0.25, 0.3) is 0 Å². The molecular formula is C13H24N2O4S. The molecular weight excluding hydrogens is 280 g/mol. The first-order chi connectivity index (χ1) is 9.15. The Bertz CT molecular complexity index is 463. The minimum absolute atomic E-state index is 0.218. The van der Waals surface area contributed by atoms with Crippen LogP contribution in [0.4, 0.5) is 4.79 Å². The Hall–Kier alpha value is -0.820. The molecule has 0 aromatic rings. The first-order valence-corrected chi connectivity index (χ1v) is 8.88. The molecule has 2 saturated heterocycles. The summed E-state index contributed by atoms with van der Waals surface area (Å²) in [6.07, 6.45) is 0.469. The third-order valence-corrected chi connectivity index (χ3v) is 5.39. The number of rotatable bonds is 3. The summed E-state index contributed by atoms with van der Waals surface area (Å²) in [6.45, 7) is 7.53. The fourth-order valence-electron chi connectivity index (χ4n) is 2.45. The van der Waals surface area contributed by atoms with Crippen molar-refractivity contribution in [3.63, 3.8) is 0 Å². The number of ether oxygens (including phenoxy) is 1. The van der Waals surface area contributed by atoms with Crippen LogP contribution in [-0.2, 0) is 14.6 Å². The second-order valence-corrected chi connectivity index (χ2v) is 8.99.